The summed E-state index contributed by atoms with van der Waals surface area (Å²) in [6.45, 7) is 3.48. The third kappa shape index (κ3) is 3.59. The summed E-state index contributed by atoms with van der Waals surface area (Å²) < 4.78 is 15.5. The van der Waals surface area contributed by atoms with E-state index in [-0.39, 0.29) is 22.1 Å². The lowest BCUT2D eigenvalue weighted by molar-refractivity contribution is 0.0691. The first-order chi connectivity index (χ1) is 14.8. The van der Waals surface area contributed by atoms with E-state index in [4.69, 9.17) is 11.6 Å². The standard InChI is InChI=1S/C21H19ClFN5O3/c1-10(24-15-2-3-16(22)25-19(15)21(30)31)14-5-13(23)9-28-18(29)6-17(26-20(14)28)27-7-11-4-12(11)8-27/h2-3,5-6,9-12,24H,4,7-8H2,1H3,(H,30,31)/t10-,11?,12?/m1/s1. The molecule has 160 valence electrons. The van der Waals surface area contributed by atoms with Crippen LogP contribution >= 0.6 is 11.6 Å². The summed E-state index contributed by atoms with van der Waals surface area (Å²) >= 11 is 5.82. The van der Waals surface area contributed by atoms with Crippen LogP contribution in [-0.4, -0.2) is 38.5 Å². The Balaban J connectivity index is 1.56. The minimum atomic E-state index is -1.24. The first-order valence-electron chi connectivity index (χ1n) is 9.94. The number of aromatic carboxylic acids is 1. The number of piperidine rings is 1. The average Bonchev–Trinajstić information content (AvgIpc) is 3.33. The molecule has 3 aromatic heterocycles. The molecule has 4 heterocycles. The van der Waals surface area contributed by atoms with Gasteiger partial charge < -0.3 is 15.3 Å². The predicted octanol–water partition coefficient (Wildman–Crippen LogP) is 3.21. The van der Waals surface area contributed by atoms with Crippen LogP contribution in [0, 0.1) is 17.7 Å². The Morgan fingerprint density at radius 2 is 2.03 bits per heavy atom. The van der Waals surface area contributed by atoms with Crippen molar-refractivity contribution < 1.29 is 14.3 Å². The molecule has 8 nitrogen and oxygen atoms in total. The minimum Gasteiger partial charge on any atom is -0.476 e. The van der Waals surface area contributed by atoms with Gasteiger partial charge in [-0.25, -0.2) is 19.2 Å². The largest absolute Gasteiger partial charge is 0.476 e. The first kappa shape index (κ1) is 19.7. The molecule has 0 radical (unpaired) electrons. The summed E-state index contributed by atoms with van der Waals surface area (Å²) in [4.78, 5) is 34.9. The van der Waals surface area contributed by atoms with Crippen LogP contribution in [0.15, 0.2) is 35.3 Å². The fourth-order valence-corrected chi connectivity index (χ4v) is 4.42. The van der Waals surface area contributed by atoms with Crippen molar-refractivity contribution in [1.29, 1.82) is 0 Å². The van der Waals surface area contributed by atoms with E-state index in [9.17, 15) is 19.1 Å². The molecule has 1 saturated heterocycles. The Morgan fingerprint density at radius 1 is 1.29 bits per heavy atom. The van der Waals surface area contributed by atoms with E-state index in [0.29, 0.717) is 28.9 Å². The van der Waals surface area contributed by atoms with E-state index < -0.39 is 17.8 Å². The van der Waals surface area contributed by atoms with Gasteiger partial charge in [-0.3, -0.25) is 9.20 Å². The lowest BCUT2D eigenvalue weighted by atomic mass is 10.1. The predicted molar refractivity (Wildman–Crippen MR) is 113 cm³/mol. The number of halogens is 2. The van der Waals surface area contributed by atoms with E-state index in [0.717, 1.165) is 19.3 Å². The highest BCUT2D eigenvalue weighted by atomic mass is 35.5. The maximum Gasteiger partial charge on any atom is 0.356 e. The minimum absolute atomic E-state index is 0.0494. The maximum absolute atomic E-state index is 14.3. The van der Waals surface area contributed by atoms with Crippen molar-refractivity contribution in [2.45, 2.75) is 19.4 Å². The zero-order valence-corrected chi connectivity index (χ0v) is 17.3. The summed E-state index contributed by atoms with van der Waals surface area (Å²) in [6.07, 6.45) is 2.33. The second-order valence-corrected chi connectivity index (χ2v) is 8.51. The number of aromatic nitrogens is 3. The van der Waals surface area contributed by atoms with Crippen LogP contribution in [0.2, 0.25) is 5.15 Å². The van der Waals surface area contributed by atoms with Gasteiger partial charge in [-0.15, -0.1) is 0 Å². The van der Waals surface area contributed by atoms with Crippen LogP contribution in [0.5, 0.6) is 0 Å². The van der Waals surface area contributed by atoms with Gasteiger partial charge in [0.1, 0.15) is 22.4 Å². The maximum atomic E-state index is 14.3. The number of carboxylic acid groups (broad SMARTS) is 1. The van der Waals surface area contributed by atoms with Crippen LogP contribution in [0.1, 0.15) is 35.4 Å². The Kier molecular flexibility index (Phi) is 4.58. The smallest absolute Gasteiger partial charge is 0.356 e. The lowest BCUT2D eigenvalue weighted by Crippen LogP contribution is -2.27. The Hall–Kier alpha value is -3.20. The zero-order chi connectivity index (χ0) is 21.9. The van der Waals surface area contributed by atoms with Gasteiger partial charge in [0.2, 0.25) is 0 Å². The van der Waals surface area contributed by atoms with E-state index in [2.05, 4.69) is 20.2 Å². The molecule has 2 fully saturated rings. The van der Waals surface area contributed by atoms with Crippen molar-refractivity contribution in [2.24, 2.45) is 11.8 Å². The average molecular weight is 444 g/mol. The zero-order valence-electron chi connectivity index (χ0n) is 16.5. The molecule has 31 heavy (non-hydrogen) atoms. The lowest BCUT2D eigenvalue weighted by Gasteiger charge is -2.22. The van der Waals surface area contributed by atoms with Gasteiger partial charge in [0.05, 0.1) is 11.7 Å². The summed E-state index contributed by atoms with van der Waals surface area (Å²) in [5, 5.41) is 12.5. The van der Waals surface area contributed by atoms with Gasteiger partial charge in [0.25, 0.3) is 5.56 Å². The molecule has 3 atom stereocenters. The Bertz CT molecular complexity index is 1270. The second-order valence-electron chi connectivity index (χ2n) is 8.12. The van der Waals surface area contributed by atoms with Gasteiger partial charge in [0, 0.05) is 30.9 Å². The van der Waals surface area contributed by atoms with Crippen LogP contribution < -0.4 is 15.8 Å². The second kappa shape index (κ2) is 7.19. The molecular formula is C21H19ClFN5O3. The molecule has 0 spiro atoms. The molecule has 5 rings (SSSR count). The number of rotatable bonds is 5. The van der Waals surface area contributed by atoms with E-state index in [1.807, 2.05) is 0 Å². The molecule has 0 aromatic carbocycles. The number of nitrogens with zero attached hydrogens (tertiary/aromatic N) is 4. The quantitative estimate of drug-likeness (QED) is 0.584. The number of fused-ring (bicyclic) bond motifs is 2. The van der Waals surface area contributed by atoms with Crippen molar-refractivity contribution in [3.8, 4) is 0 Å². The van der Waals surface area contributed by atoms with Crippen LogP contribution in [0.4, 0.5) is 15.9 Å². The summed E-state index contributed by atoms with van der Waals surface area (Å²) in [7, 11) is 0. The number of anilines is 2. The molecule has 1 aliphatic heterocycles. The SMILES string of the molecule is C[C@@H](Nc1ccc(Cl)nc1C(=O)O)c1cc(F)cn2c(=O)cc(N3CC4CC4C3)nc12. The Labute approximate surface area is 181 Å². The molecule has 1 saturated carbocycles. The molecule has 10 heteroatoms. The van der Waals surface area contributed by atoms with E-state index >= 15 is 0 Å². The number of carbonyl (C=O) groups is 1. The highest BCUT2D eigenvalue weighted by molar-refractivity contribution is 6.29. The molecule has 0 amide bonds. The monoisotopic (exact) mass is 443 g/mol. The number of hydrogen-bond donors (Lipinski definition) is 2. The normalized spacial score (nSPS) is 20.5. The van der Waals surface area contributed by atoms with Crippen molar-refractivity contribution in [1.82, 2.24) is 14.4 Å². The molecule has 2 N–H and O–H groups in total. The summed E-state index contributed by atoms with van der Waals surface area (Å²) in [5.74, 6) is 0.0748. The van der Waals surface area contributed by atoms with Gasteiger partial charge in [-0.2, -0.15) is 0 Å². The van der Waals surface area contributed by atoms with Gasteiger partial charge in [0.15, 0.2) is 5.69 Å². The third-order valence-electron chi connectivity index (χ3n) is 5.95. The summed E-state index contributed by atoms with van der Waals surface area (Å²) in [5.41, 5.74) is 0.359. The Morgan fingerprint density at radius 3 is 2.74 bits per heavy atom. The molecule has 0 bridgehead atoms. The number of pyridine rings is 2. The molecule has 2 aliphatic rings. The molecule has 2 unspecified atom stereocenters. The van der Waals surface area contributed by atoms with Gasteiger partial charge in [-0.1, -0.05) is 11.6 Å². The summed E-state index contributed by atoms with van der Waals surface area (Å²) in [6, 6.07) is 5.13. The number of hydrogen-bond acceptors (Lipinski definition) is 6. The fourth-order valence-electron chi connectivity index (χ4n) is 4.27. The van der Waals surface area contributed by atoms with Crippen LogP contribution in [0.25, 0.3) is 5.65 Å². The molecule has 1 aliphatic carbocycles. The van der Waals surface area contributed by atoms with Crippen molar-refractivity contribution in [3.63, 3.8) is 0 Å². The highest BCUT2D eigenvalue weighted by Crippen LogP contribution is 2.45. The topological polar surface area (TPSA) is 99.8 Å². The fraction of sp³-hybridized carbons (Fsp3) is 0.333. The number of nitrogens with one attached hydrogen (secondary N) is 1. The van der Waals surface area contributed by atoms with Crippen molar-refractivity contribution in [3.05, 3.63) is 63.0 Å². The number of carboxylic acids is 1. The van der Waals surface area contributed by atoms with Crippen molar-refractivity contribution >= 4 is 34.7 Å². The molecular weight excluding hydrogens is 425 g/mol. The van der Waals surface area contributed by atoms with Gasteiger partial charge >= 0.3 is 5.97 Å². The first-order valence-corrected chi connectivity index (χ1v) is 10.3. The third-order valence-corrected chi connectivity index (χ3v) is 6.16. The van der Waals surface area contributed by atoms with Gasteiger partial charge in [-0.05, 0) is 43.4 Å². The van der Waals surface area contributed by atoms with Crippen LogP contribution in [0.3, 0.4) is 0 Å². The highest BCUT2D eigenvalue weighted by Gasteiger charge is 2.45. The van der Waals surface area contributed by atoms with Crippen LogP contribution in [-0.2, 0) is 0 Å². The molecule has 3 aromatic rings. The van der Waals surface area contributed by atoms with E-state index in [1.54, 1.807) is 6.92 Å². The van der Waals surface area contributed by atoms with E-state index in [1.165, 1.54) is 35.1 Å². The van der Waals surface area contributed by atoms with Crippen molar-refractivity contribution in [2.75, 3.05) is 23.3 Å².